The SMILES string of the molecule is O=S1(=O)C=CC(n2ccnc2-c2cccc3c2oc2ccccc23)C1. The number of aromatic nitrogens is 2. The van der Waals surface area contributed by atoms with Crippen LogP contribution in [0.1, 0.15) is 6.04 Å². The van der Waals surface area contributed by atoms with Crippen molar-refractivity contribution in [3.05, 3.63) is 66.3 Å². The number of rotatable bonds is 2. The highest BCUT2D eigenvalue weighted by molar-refractivity contribution is 7.94. The lowest BCUT2D eigenvalue weighted by atomic mass is 10.1. The third kappa shape index (κ3) is 2.21. The highest BCUT2D eigenvalue weighted by Gasteiger charge is 2.26. The summed E-state index contributed by atoms with van der Waals surface area (Å²) in [5.74, 6) is 0.767. The van der Waals surface area contributed by atoms with Gasteiger partial charge in [0.1, 0.15) is 17.0 Å². The molecule has 1 aliphatic heterocycles. The molecule has 0 radical (unpaired) electrons. The molecule has 6 heteroatoms. The van der Waals surface area contributed by atoms with Gasteiger partial charge in [0.2, 0.25) is 0 Å². The van der Waals surface area contributed by atoms with Crippen LogP contribution in [0.2, 0.25) is 0 Å². The van der Waals surface area contributed by atoms with E-state index in [0.717, 1.165) is 27.5 Å². The van der Waals surface area contributed by atoms with Gasteiger partial charge in [-0.2, -0.15) is 0 Å². The highest BCUT2D eigenvalue weighted by Crippen LogP contribution is 2.36. The van der Waals surface area contributed by atoms with E-state index in [1.807, 2.05) is 53.2 Å². The maximum atomic E-state index is 11.8. The standard InChI is InChI=1S/C19H14N2O3S/c22-25(23)11-8-13(12-25)21-10-9-20-19(21)16-6-3-5-15-14-4-1-2-7-17(14)24-18(15)16/h1-11,13H,12H2. The Hall–Kier alpha value is -2.86. The number of hydrogen-bond acceptors (Lipinski definition) is 4. The van der Waals surface area contributed by atoms with Crippen LogP contribution in [0.5, 0.6) is 0 Å². The van der Waals surface area contributed by atoms with Gasteiger partial charge < -0.3 is 8.98 Å². The number of fused-ring (bicyclic) bond motifs is 3. The molecule has 0 N–H and O–H groups in total. The Kier molecular flexibility index (Phi) is 2.93. The molecule has 5 rings (SSSR count). The Bertz CT molecular complexity index is 1250. The largest absolute Gasteiger partial charge is 0.455 e. The van der Waals surface area contributed by atoms with Gasteiger partial charge >= 0.3 is 0 Å². The summed E-state index contributed by atoms with van der Waals surface area (Å²) >= 11 is 0. The maximum Gasteiger partial charge on any atom is 0.173 e. The van der Waals surface area contributed by atoms with Crippen LogP contribution >= 0.6 is 0 Å². The normalized spacial score (nSPS) is 19.1. The van der Waals surface area contributed by atoms with E-state index in [0.29, 0.717) is 5.82 Å². The van der Waals surface area contributed by atoms with Crippen molar-refractivity contribution in [2.24, 2.45) is 0 Å². The van der Waals surface area contributed by atoms with E-state index in [1.54, 1.807) is 12.3 Å². The molecule has 1 aliphatic rings. The molecule has 1 atom stereocenters. The Morgan fingerprint density at radius 1 is 1.08 bits per heavy atom. The van der Waals surface area contributed by atoms with Gasteiger partial charge in [-0.05, 0) is 18.2 Å². The number of hydrogen-bond donors (Lipinski definition) is 0. The summed E-state index contributed by atoms with van der Waals surface area (Å²) in [6.07, 6.45) is 5.21. The molecule has 2 aromatic heterocycles. The quantitative estimate of drug-likeness (QED) is 0.549. The zero-order valence-electron chi connectivity index (χ0n) is 13.2. The fourth-order valence-electron chi connectivity index (χ4n) is 3.45. The van der Waals surface area contributed by atoms with Crippen LogP contribution in [0.25, 0.3) is 33.3 Å². The molecule has 1 unspecified atom stereocenters. The van der Waals surface area contributed by atoms with Gasteiger partial charge in [0.05, 0.1) is 17.4 Å². The van der Waals surface area contributed by atoms with E-state index in [1.165, 1.54) is 5.41 Å². The van der Waals surface area contributed by atoms with Crippen molar-refractivity contribution < 1.29 is 12.8 Å². The van der Waals surface area contributed by atoms with E-state index in [-0.39, 0.29) is 11.8 Å². The second-order valence-corrected chi connectivity index (χ2v) is 8.10. The van der Waals surface area contributed by atoms with E-state index in [9.17, 15) is 8.42 Å². The van der Waals surface area contributed by atoms with Gasteiger partial charge in [-0.25, -0.2) is 13.4 Å². The van der Waals surface area contributed by atoms with Gasteiger partial charge in [0, 0.05) is 28.6 Å². The molecule has 5 nitrogen and oxygen atoms in total. The van der Waals surface area contributed by atoms with Crippen molar-refractivity contribution in [1.29, 1.82) is 0 Å². The molecule has 124 valence electrons. The third-order valence-corrected chi connectivity index (χ3v) is 5.96. The first kappa shape index (κ1) is 14.5. The van der Waals surface area contributed by atoms with Crippen molar-refractivity contribution in [3.8, 4) is 11.4 Å². The molecular formula is C19H14N2O3S. The minimum atomic E-state index is -3.14. The minimum absolute atomic E-state index is 0.0620. The van der Waals surface area contributed by atoms with Crippen LogP contribution in [-0.2, 0) is 9.84 Å². The average Bonchev–Trinajstić information content (AvgIpc) is 3.30. The highest BCUT2D eigenvalue weighted by atomic mass is 32.2. The summed E-state index contributed by atoms with van der Waals surface area (Å²) in [5.41, 5.74) is 2.45. The first-order valence-electron chi connectivity index (χ1n) is 7.97. The van der Waals surface area contributed by atoms with Crippen molar-refractivity contribution in [2.45, 2.75) is 6.04 Å². The molecule has 3 heterocycles. The molecule has 0 bridgehead atoms. The van der Waals surface area contributed by atoms with Crippen LogP contribution in [0.15, 0.2) is 70.8 Å². The number of sulfone groups is 1. The van der Waals surface area contributed by atoms with Gasteiger partial charge in [0.15, 0.2) is 9.84 Å². The lowest BCUT2D eigenvalue weighted by Gasteiger charge is -2.13. The Morgan fingerprint density at radius 3 is 2.76 bits per heavy atom. The van der Waals surface area contributed by atoms with Crippen LogP contribution in [0.4, 0.5) is 0 Å². The smallest absolute Gasteiger partial charge is 0.173 e. The monoisotopic (exact) mass is 350 g/mol. The Balaban J connectivity index is 1.73. The van der Waals surface area contributed by atoms with E-state index >= 15 is 0 Å². The molecule has 0 fully saturated rings. The molecule has 0 saturated carbocycles. The predicted molar refractivity (Wildman–Crippen MR) is 96.9 cm³/mol. The van der Waals surface area contributed by atoms with E-state index < -0.39 is 9.84 Å². The number of imidazole rings is 1. The first-order chi connectivity index (χ1) is 12.1. The topological polar surface area (TPSA) is 65.1 Å². The second-order valence-electron chi connectivity index (χ2n) is 6.16. The Labute approximate surface area is 144 Å². The van der Waals surface area contributed by atoms with Crippen molar-refractivity contribution in [1.82, 2.24) is 9.55 Å². The van der Waals surface area contributed by atoms with Crippen molar-refractivity contribution in [2.75, 3.05) is 5.75 Å². The lowest BCUT2D eigenvalue weighted by molar-refractivity contribution is 0.593. The molecule has 0 amide bonds. The Morgan fingerprint density at radius 2 is 1.92 bits per heavy atom. The van der Waals surface area contributed by atoms with Crippen LogP contribution in [-0.4, -0.2) is 23.7 Å². The maximum absolute atomic E-state index is 11.8. The number of furan rings is 1. The summed E-state index contributed by atoms with van der Waals surface area (Å²) in [7, 11) is -3.14. The van der Waals surface area contributed by atoms with Gasteiger partial charge in [-0.1, -0.05) is 30.3 Å². The number of allylic oxidation sites excluding steroid dienone is 1. The fraction of sp³-hybridized carbons (Fsp3) is 0.105. The molecule has 4 aromatic rings. The summed E-state index contributed by atoms with van der Waals surface area (Å²) in [6, 6.07) is 13.6. The molecule has 2 aromatic carbocycles. The molecule has 0 aliphatic carbocycles. The number of nitrogens with zero attached hydrogens (tertiary/aromatic N) is 2. The van der Waals surface area contributed by atoms with Crippen LogP contribution in [0.3, 0.4) is 0 Å². The van der Waals surface area contributed by atoms with Crippen LogP contribution in [0, 0.1) is 0 Å². The summed E-state index contributed by atoms with van der Waals surface area (Å²) < 4.78 is 31.5. The predicted octanol–water partition coefficient (Wildman–Crippen LogP) is 3.93. The summed E-state index contributed by atoms with van der Waals surface area (Å²) in [6.45, 7) is 0. The second kappa shape index (κ2) is 5.07. The minimum Gasteiger partial charge on any atom is -0.455 e. The summed E-state index contributed by atoms with van der Waals surface area (Å²) in [5, 5.41) is 3.36. The molecule has 25 heavy (non-hydrogen) atoms. The molecule has 0 saturated heterocycles. The van der Waals surface area contributed by atoms with Crippen molar-refractivity contribution >= 4 is 31.8 Å². The summed E-state index contributed by atoms with van der Waals surface area (Å²) in [4.78, 5) is 4.47. The van der Waals surface area contributed by atoms with Crippen molar-refractivity contribution in [3.63, 3.8) is 0 Å². The van der Waals surface area contributed by atoms with Crippen LogP contribution < -0.4 is 0 Å². The molecule has 0 spiro atoms. The van der Waals surface area contributed by atoms with Gasteiger partial charge in [-0.15, -0.1) is 0 Å². The van der Waals surface area contributed by atoms with Gasteiger partial charge in [0.25, 0.3) is 0 Å². The average molecular weight is 350 g/mol. The van der Waals surface area contributed by atoms with Gasteiger partial charge in [-0.3, -0.25) is 0 Å². The van der Waals surface area contributed by atoms with E-state index in [4.69, 9.17) is 4.42 Å². The van der Waals surface area contributed by atoms with E-state index in [2.05, 4.69) is 4.98 Å². The lowest BCUT2D eigenvalue weighted by Crippen LogP contribution is -2.12. The molecular weight excluding hydrogens is 336 g/mol. The fourth-order valence-corrected chi connectivity index (χ4v) is 4.72. The zero-order chi connectivity index (χ0) is 17.0. The number of benzene rings is 2. The number of para-hydroxylation sites is 2. The first-order valence-corrected chi connectivity index (χ1v) is 9.68. The third-order valence-electron chi connectivity index (χ3n) is 4.58. The zero-order valence-corrected chi connectivity index (χ0v) is 14.0.